The minimum absolute atomic E-state index is 0.373. The number of hydrogen-bond acceptors (Lipinski definition) is 4. The molecule has 0 bridgehead atoms. The Balaban J connectivity index is 1.72. The van der Waals surface area contributed by atoms with Crippen molar-refractivity contribution in [1.82, 2.24) is 19.4 Å². The molecule has 2 aromatic heterocycles. The van der Waals surface area contributed by atoms with Gasteiger partial charge in [-0.2, -0.15) is 9.97 Å². The quantitative estimate of drug-likeness (QED) is 0.803. The van der Waals surface area contributed by atoms with Gasteiger partial charge in [-0.3, -0.25) is 0 Å². The number of hydrogen-bond donors (Lipinski definition) is 0. The first-order valence-corrected chi connectivity index (χ1v) is 7.32. The summed E-state index contributed by atoms with van der Waals surface area (Å²) in [6.45, 7) is 1.80. The predicted octanol–water partition coefficient (Wildman–Crippen LogP) is 1.81. The van der Waals surface area contributed by atoms with Crippen molar-refractivity contribution in [3.05, 3.63) is 18.0 Å². The Hall–Kier alpha value is -2.06. The average molecular weight is 284 g/mol. The Bertz CT molecular complexity index is 685. The van der Waals surface area contributed by atoms with E-state index in [1.54, 1.807) is 0 Å². The van der Waals surface area contributed by atoms with Crippen LogP contribution in [0.3, 0.4) is 0 Å². The topological polar surface area (TPSA) is 43.2 Å². The summed E-state index contributed by atoms with van der Waals surface area (Å²) in [7, 11) is 4.10. The van der Waals surface area contributed by atoms with E-state index in [2.05, 4.69) is 27.8 Å². The SMILES string of the molecule is C#Cc1nc(OCCC2CCCN2C)nc2c1ccn2C. The molecule has 1 aliphatic heterocycles. The van der Waals surface area contributed by atoms with Crippen molar-refractivity contribution in [3.63, 3.8) is 0 Å². The van der Waals surface area contributed by atoms with E-state index in [0.29, 0.717) is 24.4 Å². The average Bonchev–Trinajstić information content (AvgIpc) is 3.06. The summed E-state index contributed by atoms with van der Waals surface area (Å²) in [5.74, 6) is 2.61. The van der Waals surface area contributed by atoms with Gasteiger partial charge in [0.1, 0.15) is 11.3 Å². The molecular weight excluding hydrogens is 264 g/mol. The Morgan fingerprint density at radius 3 is 3.00 bits per heavy atom. The van der Waals surface area contributed by atoms with Gasteiger partial charge in [-0.05, 0) is 44.8 Å². The largest absolute Gasteiger partial charge is 0.463 e. The van der Waals surface area contributed by atoms with Crippen LogP contribution in [-0.4, -0.2) is 45.7 Å². The number of aryl methyl sites for hydroxylation is 1. The number of terminal acetylenes is 1. The molecule has 0 saturated carbocycles. The number of rotatable bonds is 4. The van der Waals surface area contributed by atoms with Crippen molar-refractivity contribution in [3.8, 4) is 18.4 Å². The minimum atomic E-state index is 0.373. The molecule has 1 atom stereocenters. The van der Waals surface area contributed by atoms with Crippen LogP contribution in [0.5, 0.6) is 6.01 Å². The molecule has 0 amide bonds. The molecular formula is C16H20N4O. The van der Waals surface area contributed by atoms with Crippen LogP contribution in [-0.2, 0) is 7.05 Å². The summed E-state index contributed by atoms with van der Waals surface area (Å²) in [5.41, 5.74) is 1.40. The van der Waals surface area contributed by atoms with Crippen LogP contribution in [0.2, 0.25) is 0 Å². The van der Waals surface area contributed by atoms with Gasteiger partial charge < -0.3 is 14.2 Å². The van der Waals surface area contributed by atoms with Gasteiger partial charge in [-0.1, -0.05) is 0 Å². The first-order chi connectivity index (χ1) is 10.2. The highest BCUT2D eigenvalue weighted by Gasteiger charge is 2.20. The van der Waals surface area contributed by atoms with Crippen LogP contribution in [0, 0.1) is 12.3 Å². The molecule has 1 fully saturated rings. The second-order valence-electron chi connectivity index (χ2n) is 5.58. The van der Waals surface area contributed by atoms with Crippen LogP contribution < -0.4 is 4.74 Å². The molecule has 1 saturated heterocycles. The zero-order chi connectivity index (χ0) is 14.8. The molecule has 0 radical (unpaired) electrons. The van der Waals surface area contributed by atoms with Crippen molar-refractivity contribution < 1.29 is 4.74 Å². The lowest BCUT2D eigenvalue weighted by atomic mass is 10.1. The van der Waals surface area contributed by atoms with Crippen LogP contribution in [0.4, 0.5) is 0 Å². The van der Waals surface area contributed by atoms with Crippen molar-refractivity contribution in [2.45, 2.75) is 25.3 Å². The maximum Gasteiger partial charge on any atom is 0.319 e. The van der Waals surface area contributed by atoms with Gasteiger partial charge in [0, 0.05) is 19.3 Å². The maximum atomic E-state index is 5.73. The number of ether oxygens (including phenoxy) is 1. The summed E-state index contributed by atoms with van der Waals surface area (Å²) >= 11 is 0. The molecule has 0 spiro atoms. The summed E-state index contributed by atoms with van der Waals surface area (Å²) < 4.78 is 7.66. The second kappa shape index (κ2) is 5.74. The van der Waals surface area contributed by atoms with E-state index in [1.807, 2.05) is 23.9 Å². The highest BCUT2D eigenvalue weighted by Crippen LogP contribution is 2.20. The number of likely N-dealkylation sites (tertiary alicyclic amines) is 1. The van der Waals surface area contributed by atoms with Crippen LogP contribution in [0.25, 0.3) is 11.0 Å². The van der Waals surface area contributed by atoms with E-state index >= 15 is 0 Å². The molecule has 21 heavy (non-hydrogen) atoms. The third-order valence-corrected chi connectivity index (χ3v) is 4.19. The van der Waals surface area contributed by atoms with E-state index in [4.69, 9.17) is 11.2 Å². The molecule has 3 rings (SSSR count). The Morgan fingerprint density at radius 2 is 2.29 bits per heavy atom. The van der Waals surface area contributed by atoms with Gasteiger partial charge in [0.25, 0.3) is 0 Å². The molecule has 3 heterocycles. The van der Waals surface area contributed by atoms with Gasteiger partial charge in [0.05, 0.1) is 12.0 Å². The van der Waals surface area contributed by atoms with Crippen LogP contribution >= 0.6 is 0 Å². The highest BCUT2D eigenvalue weighted by molar-refractivity contribution is 5.81. The number of fused-ring (bicyclic) bond motifs is 1. The monoisotopic (exact) mass is 284 g/mol. The standard InChI is InChI=1S/C16H20N4O/c1-4-14-13-7-10-20(3)15(13)18-16(17-14)21-11-8-12-6-5-9-19(12)2/h1,7,10,12H,5-6,8-9,11H2,2-3H3. The van der Waals surface area contributed by atoms with E-state index in [1.165, 1.54) is 19.4 Å². The second-order valence-corrected chi connectivity index (χ2v) is 5.58. The van der Waals surface area contributed by atoms with Crippen molar-refractivity contribution in [1.29, 1.82) is 0 Å². The molecule has 1 unspecified atom stereocenters. The Labute approximate surface area is 124 Å². The Morgan fingerprint density at radius 1 is 1.43 bits per heavy atom. The fourth-order valence-corrected chi connectivity index (χ4v) is 2.92. The molecule has 0 N–H and O–H groups in total. The normalized spacial score (nSPS) is 19.0. The van der Waals surface area contributed by atoms with Crippen molar-refractivity contribution in [2.24, 2.45) is 7.05 Å². The van der Waals surface area contributed by atoms with Gasteiger partial charge in [0.15, 0.2) is 0 Å². The molecule has 110 valence electrons. The lowest BCUT2D eigenvalue weighted by Gasteiger charge is -2.18. The number of nitrogens with zero attached hydrogens (tertiary/aromatic N) is 4. The van der Waals surface area contributed by atoms with Crippen molar-refractivity contribution >= 4 is 11.0 Å². The zero-order valence-electron chi connectivity index (χ0n) is 12.5. The third-order valence-electron chi connectivity index (χ3n) is 4.19. The fourth-order valence-electron chi connectivity index (χ4n) is 2.92. The van der Waals surface area contributed by atoms with Gasteiger partial charge >= 0.3 is 6.01 Å². The van der Waals surface area contributed by atoms with Crippen LogP contribution in [0.1, 0.15) is 25.0 Å². The third kappa shape index (κ3) is 2.72. The Kier molecular flexibility index (Phi) is 3.80. The minimum Gasteiger partial charge on any atom is -0.463 e. The predicted molar refractivity (Wildman–Crippen MR) is 82.2 cm³/mol. The molecule has 2 aromatic rings. The van der Waals surface area contributed by atoms with E-state index in [9.17, 15) is 0 Å². The van der Waals surface area contributed by atoms with Gasteiger partial charge in [-0.25, -0.2) is 0 Å². The van der Waals surface area contributed by atoms with Gasteiger partial charge in [0.2, 0.25) is 0 Å². The van der Waals surface area contributed by atoms with Crippen LogP contribution in [0.15, 0.2) is 12.3 Å². The highest BCUT2D eigenvalue weighted by atomic mass is 16.5. The molecule has 0 aliphatic carbocycles. The molecule has 5 nitrogen and oxygen atoms in total. The lowest BCUT2D eigenvalue weighted by molar-refractivity contribution is 0.223. The molecule has 1 aliphatic rings. The summed E-state index contributed by atoms with van der Waals surface area (Å²) in [5, 5.41) is 0.892. The number of aromatic nitrogens is 3. The lowest BCUT2D eigenvalue weighted by Crippen LogP contribution is -2.26. The van der Waals surface area contributed by atoms with Gasteiger partial charge in [-0.15, -0.1) is 6.42 Å². The summed E-state index contributed by atoms with van der Waals surface area (Å²) in [6.07, 6.45) is 11.0. The molecule has 0 aromatic carbocycles. The zero-order valence-corrected chi connectivity index (χ0v) is 12.5. The van der Waals surface area contributed by atoms with E-state index in [0.717, 1.165) is 17.5 Å². The van der Waals surface area contributed by atoms with E-state index < -0.39 is 0 Å². The smallest absolute Gasteiger partial charge is 0.319 e. The van der Waals surface area contributed by atoms with Crippen molar-refractivity contribution in [2.75, 3.05) is 20.2 Å². The summed E-state index contributed by atoms with van der Waals surface area (Å²) in [6, 6.07) is 2.91. The summed E-state index contributed by atoms with van der Waals surface area (Å²) in [4.78, 5) is 11.2. The first-order valence-electron chi connectivity index (χ1n) is 7.32. The molecule has 5 heteroatoms. The first kappa shape index (κ1) is 13.9. The maximum absolute atomic E-state index is 5.73. The van der Waals surface area contributed by atoms with E-state index in [-0.39, 0.29) is 0 Å². The fraction of sp³-hybridized carbons (Fsp3) is 0.500.